The molecule has 21 heavy (non-hydrogen) atoms. The molecule has 1 N–H and O–H groups in total. The third-order valence-corrected chi connectivity index (χ3v) is 3.86. The molecule has 2 aromatic rings. The number of nitrogens with zero attached hydrogens (tertiary/aromatic N) is 1. The molecule has 0 amide bonds. The standard InChI is InChI=1S/C14H12ClIN2O3/c1-21-14-5-3-11(18(19)20)6-9(14)8-17-13-4-2-10(16)7-12(13)15/h2-7,17H,8H2,1H3. The SMILES string of the molecule is COc1ccc([N+](=O)[O-])cc1CNc1ccc(I)cc1Cl. The summed E-state index contributed by atoms with van der Waals surface area (Å²) in [5, 5.41) is 14.6. The Morgan fingerprint density at radius 2 is 2.10 bits per heavy atom. The van der Waals surface area contributed by atoms with Crippen molar-refractivity contribution in [2.75, 3.05) is 12.4 Å². The maximum Gasteiger partial charge on any atom is 0.270 e. The highest BCUT2D eigenvalue weighted by Gasteiger charge is 2.11. The number of methoxy groups -OCH3 is 1. The smallest absolute Gasteiger partial charge is 0.270 e. The van der Waals surface area contributed by atoms with Crippen molar-refractivity contribution >= 4 is 45.6 Å². The van der Waals surface area contributed by atoms with Gasteiger partial charge in [-0.3, -0.25) is 10.1 Å². The monoisotopic (exact) mass is 418 g/mol. The summed E-state index contributed by atoms with van der Waals surface area (Å²) in [5.41, 5.74) is 1.49. The Morgan fingerprint density at radius 3 is 2.71 bits per heavy atom. The third kappa shape index (κ3) is 3.98. The van der Waals surface area contributed by atoms with Crippen molar-refractivity contribution in [1.82, 2.24) is 0 Å². The lowest BCUT2D eigenvalue weighted by molar-refractivity contribution is -0.384. The van der Waals surface area contributed by atoms with Gasteiger partial charge in [0.1, 0.15) is 5.75 Å². The Morgan fingerprint density at radius 1 is 1.33 bits per heavy atom. The van der Waals surface area contributed by atoms with Crippen molar-refractivity contribution < 1.29 is 9.66 Å². The molecule has 0 atom stereocenters. The first kappa shape index (κ1) is 15.8. The van der Waals surface area contributed by atoms with Crippen molar-refractivity contribution in [2.24, 2.45) is 0 Å². The second-order valence-corrected chi connectivity index (χ2v) is 5.88. The van der Waals surface area contributed by atoms with Crippen LogP contribution >= 0.6 is 34.2 Å². The van der Waals surface area contributed by atoms with Crippen LogP contribution in [-0.4, -0.2) is 12.0 Å². The number of benzene rings is 2. The molecule has 0 unspecified atom stereocenters. The molecule has 110 valence electrons. The van der Waals surface area contributed by atoms with Crippen LogP contribution in [0.25, 0.3) is 0 Å². The zero-order chi connectivity index (χ0) is 15.4. The molecule has 0 fully saturated rings. The number of nitro benzene ring substituents is 1. The molecule has 0 radical (unpaired) electrons. The minimum Gasteiger partial charge on any atom is -0.496 e. The summed E-state index contributed by atoms with van der Waals surface area (Å²) in [7, 11) is 1.53. The van der Waals surface area contributed by atoms with E-state index in [1.807, 2.05) is 18.2 Å². The molecule has 0 aromatic heterocycles. The average molecular weight is 419 g/mol. The van der Waals surface area contributed by atoms with E-state index in [0.717, 1.165) is 9.26 Å². The summed E-state index contributed by atoms with van der Waals surface area (Å²) in [6, 6.07) is 10.1. The first-order valence-electron chi connectivity index (χ1n) is 6.01. The van der Waals surface area contributed by atoms with Crippen LogP contribution in [0.5, 0.6) is 5.75 Å². The highest BCUT2D eigenvalue weighted by atomic mass is 127. The molecule has 0 saturated heterocycles. The Labute approximate surface area is 140 Å². The van der Waals surface area contributed by atoms with Gasteiger partial charge in [-0.15, -0.1) is 0 Å². The second kappa shape index (κ2) is 6.95. The van der Waals surface area contributed by atoms with Gasteiger partial charge in [0, 0.05) is 27.8 Å². The zero-order valence-corrected chi connectivity index (χ0v) is 14.0. The van der Waals surface area contributed by atoms with E-state index in [-0.39, 0.29) is 5.69 Å². The predicted octanol–water partition coefficient (Wildman–Crippen LogP) is 4.47. The van der Waals surface area contributed by atoms with E-state index in [2.05, 4.69) is 27.9 Å². The molecule has 7 heteroatoms. The van der Waals surface area contributed by atoms with E-state index in [4.69, 9.17) is 16.3 Å². The van der Waals surface area contributed by atoms with Crippen molar-refractivity contribution in [2.45, 2.75) is 6.54 Å². The molecule has 2 aromatic carbocycles. The van der Waals surface area contributed by atoms with Crippen LogP contribution in [-0.2, 0) is 6.54 Å². The van der Waals surface area contributed by atoms with E-state index in [9.17, 15) is 10.1 Å². The van der Waals surface area contributed by atoms with Crippen LogP contribution in [0.2, 0.25) is 5.02 Å². The second-order valence-electron chi connectivity index (χ2n) is 4.23. The lowest BCUT2D eigenvalue weighted by atomic mass is 10.1. The van der Waals surface area contributed by atoms with Crippen molar-refractivity contribution in [3.63, 3.8) is 0 Å². The van der Waals surface area contributed by atoms with Crippen LogP contribution in [0.1, 0.15) is 5.56 Å². The lowest BCUT2D eigenvalue weighted by Gasteiger charge is -2.11. The van der Waals surface area contributed by atoms with E-state index >= 15 is 0 Å². The predicted molar refractivity (Wildman–Crippen MR) is 91.1 cm³/mol. The molecular formula is C14H12ClIN2O3. The molecular weight excluding hydrogens is 407 g/mol. The number of anilines is 1. The van der Waals surface area contributed by atoms with E-state index in [1.54, 1.807) is 6.07 Å². The maximum atomic E-state index is 10.8. The van der Waals surface area contributed by atoms with Crippen LogP contribution in [0, 0.1) is 13.7 Å². The molecule has 0 saturated carbocycles. The number of nitro groups is 1. The minimum absolute atomic E-state index is 0.0290. The normalized spacial score (nSPS) is 10.2. The highest BCUT2D eigenvalue weighted by molar-refractivity contribution is 14.1. The Balaban J connectivity index is 2.22. The van der Waals surface area contributed by atoms with Gasteiger partial charge in [-0.25, -0.2) is 0 Å². The van der Waals surface area contributed by atoms with Crippen LogP contribution in [0.4, 0.5) is 11.4 Å². The van der Waals surface area contributed by atoms with Gasteiger partial charge in [-0.1, -0.05) is 11.6 Å². The van der Waals surface area contributed by atoms with Gasteiger partial charge in [0.15, 0.2) is 0 Å². The number of hydrogen-bond acceptors (Lipinski definition) is 4. The maximum absolute atomic E-state index is 10.8. The summed E-state index contributed by atoms with van der Waals surface area (Å²) in [6.07, 6.45) is 0. The van der Waals surface area contributed by atoms with Crippen LogP contribution in [0.15, 0.2) is 36.4 Å². The summed E-state index contributed by atoms with van der Waals surface area (Å²) in [6.45, 7) is 0.380. The first-order chi connectivity index (χ1) is 10.0. The van der Waals surface area contributed by atoms with Crippen molar-refractivity contribution in [1.29, 1.82) is 0 Å². The van der Waals surface area contributed by atoms with E-state index < -0.39 is 4.92 Å². The summed E-state index contributed by atoms with van der Waals surface area (Å²) < 4.78 is 6.26. The molecule has 0 heterocycles. The summed E-state index contributed by atoms with van der Waals surface area (Å²) in [5.74, 6) is 0.592. The Kier molecular flexibility index (Phi) is 5.24. The number of hydrogen-bond donors (Lipinski definition) is 1. The summed E-state index contributed by atoms with van der Waals surface area (Å²) in [4.78, 5) is 10.4. The molecule has 0 aliphatic rings. The molecule has 0 aliphatic heterocycles. The lowest BCUT2D eigenvalue weighted by Crippen LogP contribution is -2.03. The first-order valence-corrected chi connectivity index (χ1v) is 7.47. The Hall–Kier alpha value is -1.54. The molecule has 0 bridgehead atoms. The topological polar surface area (TPSA) is 64.4 Å². The van der Waals surface area contributed by atoms with Gasteiger partial charge >= 0.3 is 0 Å². The van der Waals surface area contributed by atoms with Crippen molar-refractivity contribution in [3.05, 3.63) is 60.7 Å². The molecule has 0 aliphatic carbocycles. The zero-order valence-electron chi connectivity index (χ0n) is 11.1. The van der Waals surface area contributed by atoms with Gasteiger partial charge in [0.2, 0.25) is 0 Å². The fraction of sp³-hybridized carbons (Fsp3) is 0.143. The van der Waals surface area contributed by atoms with Crippen molar-refractivity contribution in [3.8, 4) is 5.75 Å². The number of rotatable bonds is 5. The number of non-ortho nitro benzene ring substituents is 1. The fourth-order valence-electron chi connectivity index (χ4n) is 1.84. The summed E-state index contributed by atoms with van der Waals surface area (Å²) >= 11 is 8.32. The molecule has 5 nitrogen and oxygen atoms in total. The number of halogens is 2. The van der Waals surface area contributed by atoms with Gasteiger partial charge in [0.25, 0.3) is 5.69 Å². The molecule has 0 spiro atoms. The number of ether oxygens (including phenoxy) is 1. The minimum atomic E-state index is -0.430. The Bertz CT molecular complexity index is 679. The van der Waals surface area contributed by atoms with E-state index in [0.29, 0.717) is 22.9 Å². The van der Waals surface area contributed by atoms with E-state index in [1.165, 1.54) is 19.2 Å². The van der Waals surface area contributed by atoms with Gasteiger partial charge in [-0.2, -0.15) is 0 Å². The third-order valence-electron chi connectivity index (χ3n) is 2.88. The average Bonchev–Trinajstić information content (AvgIpc) is 2.46. The van der Waals surface area contributed by atoms with Crippen LogP contribution < -0.4 is 10.1 Å². The van der Waals surface area contributed by atoms with Gasteiger partial charge < -0.3 is 10.1 Å². The van der Waals surface area contributed by atoms with Gasteiger partial charge in [0.05, 0.1) is 22.7 Å². The van der Waals surface area contributed by atoms with Gasteiger partial charge in [-0.05, 0) is 46.9 Å². The fourth-order valence-corrected chi connectivity index (χ4v) is 2.76. The quantitative estimate of drug-likeness (QED) is 0.442. The largest absolute Gasteiger partial charge is 0.496 e. The molecule has 2 rings (SSSR count). The highest BCUT2D eigenvalue weighted by Crippen LogP contribution is 2.27. The number of nitrogens with one attached hydrogen (secondary N) is 1. The van der Waals surface area contributed by atoms with Crippen LogP contribution in [0.3, 0.4) is 0 Å².